The van der Waals surface area contributed by atoms with Gasteiger partial charge < -0.3 is 0 Å². The predicted molar refractivity (Wildman–Crippen MR) is 308 cm³/mol. The third-order valence-electron chi connectivity index (χ3n) is 19.6. The predicted octanol–water partition coefficient (Wildman–Crippen LogP) is 21.6. The van der Waals surface area contributed by atoms with E-state index in [0.717, 1.165) is 41.1 Å². The minimum absolute atomic E-state index is 0.825. The van der Waals surface area contributed by atoms with Gasteiger partial charge in [0.05, 0.1) is 0 Å². The molecule has 13 rings (SSSR count). The van der Waals surface area contributed by atoms with Crippen molar-refractivity contribution in [3.8, 4) is 22.3 Å². The van der Waals surface area contributed by atoms with E-state index in [1.54, 1.807) is 44.5 Å². The Bertz CT molecular complexity index is 2440. The summed E-state index contributed by atoms with van der Waals surface area (Å²) in [7, 11) is 11.3. The van der Waals surface area contributed by atoms with Crippen LogP contribution in [0.1, 0.15) is 289 Å². The molecule has 0 nitrogen and oxygen atoms in total. The molecule has 384 valence electrons. The molecular formula is C69H86Cl2Ru. The molecule has 0 radical (unpaired) electrons. The average molecular weight is 1090 g/mol. The molecular weight excluding hydrogens is 1000 g/mol. The van der Waals surface area contributed by atoms with Crippen LogP contribution in [0.25, 0.3) is 22.3 Å². The average Bonchev–Trinajstić information content (AvgIpc) is 4.02. The third-order valence-corrected chi connectivity index (χ3v) is 21.5. The van der Waals surface area contributed by atoms with Crippen LogP contribution >= 0.6 is 19.4 Å². The fourth-order valence-electron chi connectivity index (χ4n) is 16.2. The smallest absolute Gasteiger partial charge is 0.00105 e. The van der Waals surface area contributed by atoms with Gasteiger partial charge >= 0.3 is 73.4 Å². The van der Waals surface area contributed by atoms with Crippen LogP contribution in [-0.2, 0) is 26.4 Å². The van der Waals surface area contributed by atoms with Crippen molar-refractivity contribution in [3.05, 3.63) is 152 Å². The Labute approximate surface area is 449 Å². The van der Waals surface area contributed by atoms with Crippen LogP contribution < -0.4 is 0 Å². The molecule has 0 saturated heterocycles. The first-order chi connectivity index (χ1) is 35.6. The molecule has 3 heteroatoms. The number of benzene rings is 5. The van der Waals surface area contributed by atoms with Gasteiger partial charge in [-0.1, -0.05) is 176 Å². The molecule has 0 aliphatic heterocycles. The van der Waals surface area contributed by atoms with Gasteiger partial charge in [0.15, 0.2) is 0 Å². The maximum absolute atomic E-state index is 5.67. The standard InChI is InChI=1S/2C31H40.C7H6.2ClH.Ru/c2*1-4-12-22(13-5-1)27-21-28-26-19-11-10-18-25(26)20-29(28)31(24-16-8-3-9-17-24)30(27)23-14-6-2-7-15-23;1-7-5-3-2-4-6-7;;;/h2*10-11,18-19,21-24H,1-9,12-17,20H2;1-6H;2*1H;/q;;;;;+2/p-2. The molecule has 0 unspecified atom stereocenters. The summed E-state index contributed by atoms with van der Waals surface area (Å²) < 4.78 is 1.92. The topological polar surface area (TPSA) is 0 Å². The van der Waals surface area contributed by atoms with Crippen molar-refractivity contribution in [1.29, 1.82) is 0 Å². The second-order valence-corrected chi connectivity index (χ2v) is 29.8. The summed E-state index contributed by atoms with van der Waals surface area (Å²) in [5.74, 6) is 5.00. The van der Waals surface area contributed by atoms with Gasteiger partial charge in [0.1, 0.15) is 0 Å². The number of hydrogen-bond donors (Lipinski definition) is 0. The van der Waals surface area contributed by atoms with E-state index < -0.39 is 13.5 Å². The van der Waals surface area contributed by atoms with Crippen molar-refractivity contribution < 1.29 is 13.5 Å². The molecule has 5 aromatic rings. The van der Waals surface area contributed by atoms with Gasteiger partial charge in [-0.2, -0.15) is 0 Å². The number of halogens is 2. The zero-order valence-corrected chi connectivity index (χ0v) is 47.2. The van der Waals surface area contributed by atoms with E-state index in [9.17, 15) is 0 Å². The van der Waals surface area contributed by atoms with Crippen LogP contribution in [0.15, 0.2) is 91.0 Å². The molecule has 5 aromatic carbocycles. The molecule has 8 aliphatic carbocycles. The first-order valence-corrected chi connectivity index (χ1v) is 35.5. The van der Waals surface area contributed by atoms with Gasteiger partial charge in [-0.15, -0.1) is 0 Å². The molecule has 0 spiro atoms. The normalized spacial score (nSPS) is 21.3. The van der Waals surface area contributed by atoms with E-state index in [4.69, 9.17) is 19.4 Å². The van der Waals surface area contributed by atoms with Crippen molar-refractivity contribution in [2.24, 2.45) is 0 Å². The monoisotopic (exact) mass is 1090 g/mol. The van der Waals surface area contributed by atoms with Crippen LogP contribution in [0, 0.1) is 0 Å². The maximum Gasteiger partial charge on any atom is -0.00105 e. The zero-order chi connectivity index (χ0) is 48.6. The van der Waals surface area contributed by atoms with Crippen LogP contribution in [-0.4, -0.2) is 4.61 Å². The number of hydrogen-bond acceptors (Lipinski definition) is 0. The Kier molecular flexibility index (Phi) is 17.7. The largest absolute Gasteiger partial charge is 0.0619 e. The summed E-state index contributed by atoms with van der Waals surface area (Å²) >= 11 is -1.61. The minimum atomic E-state index is -1.61. The fraction of sp³-hybridized carbons (Fsp3) is 0.551. The first-order valence-electron chi connectivity index (χ1n) is 30.0. The third kappa shape index (κ3) is 11.6. The molecule has 0 heterocycles. The molecule has 0 N–H and O–H groups in total. The van der Waals surface area contributed by atoms with Crippen LogP contribution in [0.4, 0.5) is 0 Å². The number of rotatable bonds is 7. The van der Waals surface area contributed by atoms with Crippen LogP contribution in [0.2, 0.25) is 0 Å². The molecule has 8 aliphatic rings. The molecule has 0 bridgehead atoms. The van der Waals surface area contributed by atoms with Crippen LogP contribution in [0.3, 0.4) is 0 Å². The van der Waals surface area contributed by atoms with Crippen molar-refractivity contribution in [3.63, 3.8) is 0 Å². The van der Waals surface area contributed by atoms with Gasteiger partial charge in [-0.25, -0.2) is 0 Å². The molecule has 6 fully saturated rings. The Morgan fingerprint density at radius 2 is 0.625 bits per heavy atom. The van der Waals surface area contributed by atoms with E-state index in [2.05, 4.69) is 60.7 Å². The first kappa shape index (κ1) is 51.3. The SMILES string of the molecule is [Cl][Ru]([Cl])=[CH]c1ccccc1.c1ccc2c(c1)Cc1c-2cc(C2CCCCC2)c(C2CCCCC2)c1C1CCCCC1.c1ccc2c(c1)Cc1c-2cc(C2CCCCC2)c(C2CCCCC2)c1C1CCCCC1. The van der Waals surface area contributed by atoms with E-state index >= 15 is 0 Å². The molecule has 6 saturated carbocycles. The van der Waals surface area contributed by atoms with Gasteiger partial charge in [0.25, 0.3) is 0 Å². The second kappa shape index (κ2) is 24.9. The fourth-order valence-corrected chi connectivity index (χ4v) is 18.0. The van der Waals surface area contributed by atoms with E-state index in [1.807, 2.05) is 68.3 Å². The Morgan fingerprint density at radius 3 is 0.972 bits per heavy atom. The Balaban J connectivity index is 0.000000131. The van der Waals surface area contributed by atoms with Gasteiger partial charge in [-0.3, -0.25) is 0 Å². The maximum atomic E-state index is 5.67. The van der Waals surface area contributed by atoms with Crippen molar-refractivity contribution in [2.75, 3.05) is 0 Å². The van der Waals surface area contributed by atoms with Crippen LogP contribution in [0.5, 0.6) is 0 Å². The van der Waals surface area contributed by atoms with Gasteiger partial charge in [-0.05, 0) is 203 Å². The Morgan fingerprint density at radius 1 is 0.319 bits per heavy atom. The quantitative estimate of drug-likeness (QED) is 0.140. The summed E-state index contributed by atoms with van der Waals surface area (Å²) in [6.07, 6.45) is 45.8. The summed E-state index contributed by atoms with van der Waals surface area (Å²) in [6.45, 7) is 0. The van der Waals surface area contributed by atoms with Gasteiger partial charge in [0.2, 0.25) is 0 Å². The van der Waals surface area contributed by atoms with Gasteiger partial charge in [0, 0.05) is 0 Å². The van der Waals surface area contributed by atoms with E-state index in [-0.39, 0.29) is 0 Å². The summed E-state index contributed by atoms with van der Waals surface area (Å²) in [5.41, 5.74) is 25.4. The second-order valence-electron chi connectivity index (χ2n) is 24.0. The Hall–Kier alpha value is -2.83. The van der Waals surface area contributed by atoms with E-state index in [0.29, 0.717) is 0 Å². The number of fused-ring (bicyclic) bond motifs is 6. The molecule has 0 aromatic heterocycles. The van der Waals surface area contributed by atoms with Crippen molar-refractivity contribution in [2.45, 2.75) is 241 Å². The molecule has 0 atom stereocenters. The summed E-state index contributed by atoms with van der Waals surface area (Å²) in [4.78, 5) is 0. The van der Waals surface area contributed by atoms with Crippen molar-refractivity contribution >= 4 is 24.0 Å². The molecule has 72 heavy (non-hydrogen) atoms. The summed E-state index contributed by atoms with van der Waals surface area (Å²) in [6, 6.07) is 34.1. The minimum Gasteiger partial charge on any atom is -0.0619 e. The molecule has 0 amide bonds. The van der Waals surface area contributed by atoms with E-state index in [1.165, 1.54) is 205 Å². The van der Waals surface area contributed by atoms with Crippen molar-refractivity contribution in [1.82, 2.24) is 0 Å². The zero-order valence-electron chi connectivity index (χ0n) is 43.9. The summed E-state index contributed by atoms with van der Waals surface area (Å²) in [5, 5.41) is 0.